The zero-order valence-electron chi connectivity index (χ0n) is 12.8. The van der Waals surface area contributed by atoms with E-state index in [1.54, 1.807) is 0 Å². The number of carbonyl (C=O) groups excluding carboxylic acids is 1. The summed E-state index contributed by atoms with van der Waals surface area (Å²) in [7, 11) is 0. The van der Waals surface area contributed by atoms with Crippen molar-refractivity contribution in [3.05, 3.63) is 71.8 Å². The minimum Gasteiger partial charge on any atom is -0.336 e. The zero-order chi connectivity index (χ0) is 16.3. The number of rotatable bonds is 5. The van der Waals surface area contributed by atoms with Crippen LogP contribution in [0.3, 0.4) is 0 Å². The molecular weight excluding hydrogens is 329 g/mol. The molecule has 2 atom stereocenters. The molecule has 4 heteroatoms. The van der Waals surface area contributed by atoms with Crippen molar-refractivity contribution < 1.29 is 4.79 Å². The first-order valence-corrected chi connectivity index (χ1v) is 8.67. The zero-order valence-corrected chi connectivity index (χ0v) is 14.3. The highest BCUT2D eigenvalue weighted by Crippen LogP contribution is 2.39. The molecule has 1 heterocycles. The van der Waals surface area contributed by atoms with Gasteiger partial charge in [-0.05, 0) is 11.1 Å². The SMILES string of the molecule is O=C1N(Cc2ccccc2)C[C@@H](CCl)[C@@]1(Cl)Cc1ccccc1. The number of likely N-dealkylation sites (tertiary alicyclic amines) is 1. The summed E-state index contributed by atoms with van der Waals surface area (Å²) in [6.45, 7) is 1.18. The van der Waals surface area contributed by atoms with Crippen molar-refractivity contribution >= 4 is 29.1 Å². The molecule has 0 radical (unpaired) electrons. The van der Waals surface area contributed by atoms with Crippen LogP contribution >= 0.6 is 23.2 Å². The van der Waals surface area contributed by atoms with E-state index in [4.69, 9.17) is 23.2 Å². The number of carbonyl (C=O) groups is 1. The molecule has 1 aliphatic rings. The first-order chi connectivity index (χ1) is 11.1. The van der Waals surface area contributed by atoms with E-state index in [0.717, 1.165) is 11.1 Å². The van der Waals surface area contributed by atoms with Gasteiger partial charge in [0.2, 0.25) is 5.91 Å². The fraction of sp³-hybridized carbons (Fsp3) is 0.316. The Kier molecular flexibility index (Phi) is 4.93. The summed E-state index contributed by atoms with van der Waals surface area (Å²) in [6, 6.07) is 19.9. The Balaban J connectivity index is 1.81. The topological polar surface area (TPSA) is 20.3 Å². The van der Waals surface area contributed by atoms with Gasteiger partial charge >= 0.3 is 0 Å². The molecule has 0 unspecified atom stereocenters. The predicted octanol–water partition coefficient (Wildman–Crippen LogP) is 4.10. The summed E-state index contributed by atoms with van der Waals surface area (Å²) in [6.07, 6.45) is 0.511. The standard InChI is InChI=1S/C19H19Cl2NO/c20-12-17-14-22(13-16-9-5-2-6-10-16)18(23)19(17,21)11-15-7-3-1-4-8-15/h1-10,17H,11-14H2/t17-,19+/m1/s1. The van der Waals surface area contributed by atoms with Gasteiger partial charge in [0.1, 0.15) is 4.87 Å². The van der Waals surface area contributed by atoms with E-state index in [2.05, 4.69) is 0 Å². The molecule has 1 amide bonds. The smallest absolute Gasteiger partial charge is 0.244 e. The van der Waals surface area contributed by atoms with Gasteiger partial charge in [-0.15, -0.1) is 23.2 Å². The van der Waals surface area contributed by atoms with Gasteiger partial charge in [-0.3, -0.25) is 4.79 Å². The van der Waals surface area contributed by atoms with E-state index in [1.165, 1.54) is 0 Å². The van der Waals surface area contributed by atoms with Crippen molar-refractivity contribution in [2.24, 2.45) is 5.92 Å². The summed E-state index contributed by atoms with van der Waals surface area (Å²) in [5, 5.41) is 0. The average molecular weight is 348 g/mol. The van der Waals surface area contributed by atoms with Crippen LogP contribution < -0.4 is 0 Å². The normalized spacial score (nSPS) is 24.2. The van der Waals surface area contributed by atoms with Gasteiger partial charge in [-0.25, -0.2) is 0 Å². The Hall–Kier alpha value is -1.51. The highest BCUT2D eigenvalue weighted by molar-refractivity contribution is 6.36. The lowest BCUT2D eigenvalue weighted by Gasteiger charge is -2.25. The van der Waals surface area contributed by atoms with Crippen LogP contribution in [0.4, 0.5) is 0 Å². The number of benzene rings is 2. The van der Waals surface area contributed by atoms with Crippen molar-refractivity contribution in [1.82, 2.24) is 4.90 Å². The summed E-state index contributed by atoms with van der Waals surface area (Å²) in [5.41, 5.74) is 2.17. The van der Waals surface area contributed by atoms with Gasteiger partial charge in [-0.1, -0.05) is 60.7 Å². The molecule has 2 aromatic rings. The highest BCUT2D eigenvalue weighted by atomic mass is 35.5. The molecule has 1 aliphatic heterocycles. The van der Waals surface area contributed by atoms with E-state index < -0.39 is 4.87 Å². The van der Waals surface area contributed by atoms with Gasteiger partial charge in [0.15, 0.2) is 0 Å². The average Bonchev–Trinajstić information content (AvgIpc) is 2.81. The third-order valence-electron chi connectivity index (χ3n) is 4.44. The predicted molar refractivity (Wildman–Crippen MR) is 94.8 cm³/mol. The maximum atomic E-state index is 12.9. The number of nitrogens with zero attached hydrogens (tertiary/aromatic N) is 1. The maximum Gasteiger partial charge on any atom is 0.244 e. The molecule has 0 spiro atoms. The number of halogens is 2. The van der Waals surface area contributed by atoms with Crippen LogP contribution in [0.25, 0.3) is 0 Å². The van der Waals surface area contributed by atoms with Crippen molar-refractivity contribution in [3.8, 4) is 0 Å². The lowest BCUT2D eigenvalue weighted by atomic mass is 9.89. The molecule has 0 aromatic heterocycles. The van der Waals surface area contributed by atoms with Crippen molar-refractivity contribution in [2.45, 2.75) is 17.8 Å². The molecule has 23 heavy (non-hydrogen) atoms. The van der Waals surface area contributed by atoms with E-state index in [-0.39, 0.29) is 11.8 Å². The molecule has 1 fully saturated rings. The molecule has 0 bridgehead atoms. The monoisotopic (exact) mass is 347 g/mol. The van der Waals surface area contributed by atoms with Crippen LogP contribution in [-0.4, -0.2) is 28.1 Å². The van der Waals surface area contributed by atoms with E-state index in [9.17, 15) is 4.79 Å². The van der Waals surface area contributed by atoms with Crippen LogP contribution in [0.1, 0.15) is 11.1 Å². The molecule has 2 aromatic carbocycles. The number of amides is 1. The van der Waals surface area contributed by atoms with Crippen molar-refractivity contribution in [3.63, 3.8) is 0 Å². The van der Waals surface area contributed by atoms with E-state index in [1.807, 2.05) is 65.6 Å². The van der Waals surface area contributed by atoms with Gasteiger partial charge < -0.3 is 4.90 Å². The summed E-state index contributed by atoms with van der Waals surface area (Å²) < 4.78 is 0. The molecular formula is C19H19Cl2NO. The Morgan fingerprint density at radius 1 is 1.00 bits per heavy atom. The Morgan fingerprint density at radius 3 is 2.13 bits per heavy atom. The van der Waals surface area contributed by atoms with Crippen LogP contribution in [-0.2, 0) is 17.8 Å². The fourth-order valence-electron chi connectivity index (χ4n) is 3.16. The van der Waals surface area contributed by atoms with Gasteiger partial charge in [-0.2, -0.15) is 0 Å². The van der Waals surface area contributed by atoms with Crippen LogP contribution in [0, 0.1) is 5.92 Å². The first-order valence-electron chi connectivity index (χ1n) is 7.75. The Bertz CT molecular complexity index is 662. The summed E-state index contributed by atoms with van der Waals surface area (Å²) in [4.78, 5) is 13.8. The molecule has 0 aliphatic carbocycles. The van der Waals surface area contributed by atoms with Crippen molar-refractivity contribution in [1.29, 1.82) is 0 Å². The number of alkyl halides is 2. The van der Waals surface area contributed by atoms with Crippen molar-refractivity contribution in [2.75, 3.05) is 12.4 Å². The Labute approximate surface area is 147 Å². The molecule has 3 rings (SSSR count). The largest absolute Gasteiger partial charge is 0.336 e. The van der Waals surface area contributed by atoms with Crippen LogP contribution in [0.15, 0.2) is 60.7 Å². The fourth-order valence-corrected chi connectivity index (χ4v) is 4.02. The highest BCUT2D eigenvalue weighted by Gasteiger charge is 2.52. The maximum absolute atomic E-state index is 12.9. The third-order valence-corrected chi connectivity index (χ3v) is 5.41. The minimum absolute atomic E-state index is 0.0162. The second kappa shape index (κ2) is 6.94. The second-order valence-electron chi connectivity index (χ2n) is 6.05. The summed E-state index contributed by atoms with van der Waals surface area (Å²) in [5.74, 6) is 0.313. The number of hydrogen-bond acceptors (Lipinski definition) is 1. The quantitative estimate of drug-likeness (QED) is 0.745. The van der Waals surface area contributed by atoms with Gasteiger partial charge in [0.05, 0.1) is 0 Å². The van der Waals surface area contributed by atoms with E-state index >= 15 is 0 Å². The minimum atomic E-state index is -0.947. The second-order valence-corrected chi connectivity index (χ2v) is 7.03. The third kappa shape index (κ3) is 3.39. The lowest BCUT2D eigenvalue weighted by Crippen LogP contribution is -2.40. The molecule has 0 saturated carbocycles. The molecule has 2 nitrogen and oxygen atoms in total. The molecule has 0 N–H and O–H groups in total. The Morgan fingerprint density at radius 2 is 1.57 bits per heavy atom. The first kappa shape index (κ1) is 16.4. The summed E-state index contributed by atoms with van der Waals surface area (Å²) >= 11 is 12.9. The molecule has 120 valence electrons. The van der Waals surface area contributed by atoms with Gasteiger partial charge in [0.25, 0.3) is 0 Å². The van der Waals surface area contributed by atoms with Gasteiger partial charge in [0, 0.05) is 31.3 Å². The van der Waals surface area contributed by atoms with Crippen LogP contribution in [0.2, 0.25) is 0 Å². The molecule has 1 saturated heterocycles. The van der Waals surface area contributed by atoms with Crippen LogP contribution in [0.5, 0.6) is 0 Å². The van der Waals surface area contributed by atoms with E-state index in [0.29, 0.717) is 25.4 Å². The lowest BCUT2D eigenvalue weighted by molar-refractivity contribution is -0.130. The number of hydrogen-bond donors (Lipinski definition) is 0.